The highest BCUT2D eigenvalue weighted by Crippen LogP contribution is 2.40. The molecule has 0 aromatic carbocycles. The Kier molecular flexibility index (Phi) is 9.70. The number of ether oxygens (including phenoxy) is 3. The van der Waals surface area contributed by atoms with Crippen LogP contribution in [0.5, 0.6) is 0 Å². The smallest absolute Gasteiger partial charge is 0.331 e. The van der Waals surface area contributed by atoms with Crippen molar-refractivity contribution >= 4 is 5.97 Å². The van der Waals surface area contributed by atoms with E-state index < -0.39 is 42.3 Å². The van der Waals surface area contributed by atoms with Crippen molar-refractivity contribution in [1.82, 2.24) is 0 Å². The zero-order valence-electron chi connectivity index (χ0n) is 20.8. The molecule has 2 aliphatic rings. The average Bonchev–Trinajstić information content (AvgIpc) is 2.69. The van der Waals surface area contributed by atoms with E-state index in [1.807, 2.05) is 0 Å². The van der Waals surface area contributed by atoms with E-state index in [2.05, 4.69) is 39.8 Å². The van der Waals surface area contributed by atoms with Crippen LogP contribution in [0.15, 0.2) is 34.9 Å². The van der Waals surface area contributed by atoms with E-state index in [0.29, 0.717) is 0 Å². The molecule has 6 heteroatoms. The number of aliphatic hydroxyl groups is 2. The van der Waals surface area contributed by atoms with Crippen molar-refractivity contribution in [2.75, 3.05) is 0 Å². The molecule has 0 bridgehead atoms. The zero-order chi connectivity index (χ0) is 24.1. The largest absolute Gasteiger partial charge is 0.453 e. The van der Waals surface area contributed by atoms with Gasteiger partial charge in [0.2, 0.25) is 0 Å². The minimum absolute atomic E-state index is 0.279. The first-order chi connectivity index (χ1) is 14.9. The van der Waals surface area contributed by atoms with Gasteiger partial charge in [0.15, 0.2) is 12.4 Å². The van der Waals surface area contributed by atoms with Gasteiger partial charge in [-0.3, -0.25) is 0 Å². The van der Waals surface area contributed by atoms with Crippen molar-refractivity contribution in [3.05, 3.63) is 34.9 Å². The van der Waals surface area contributed by atoms with Crippen LogP contribution in [0.2, 0.25) is 0 Å². The molecule has 32 heavy (non-hydrogen) atoms. The molecule has 6 nitrogen and oxygen atoms in total. The molecule has 0 amide bonds. The quantitative estimate of drug-likeness (QED) is 0.319. The van der Waals surface area contributed by atoms with Crippen LogP contribution in [0.25, 0.3) is 0 Å². The fraction of sp³-hybridized carbons (Fsp3) is 0.731. The van der Waals surface area contributed by atoms with Gasteiger partial charge in [-0.2, -0.15) is 0 Å². The maximum Gasteiger partial charge on any atom is 0.331 e. The average molecular weight is 451 g/mol. The molecular weight excluding hydrogens is 408 g/mol. The van der Waals surface area contributed by atoms with Crippen LogP contribution in [0.4, 0.5) is 0 Å². The van der Waals surface area contributed by atoms with E-state index in [0.717, 1.165) is 37.7 Å². The highest BCUT2D eigenvalue weighted by Gasteiger charge is 2.49. The number of hydrogen-bond acceptors (Lipinski definition) is 6. The first-order valence-electron chi connectivity index (χ1n) is 11.8. The Hall–Kier alpha value is -1.47. The lowest BCUT2D eigenvalue weighted by molar-refractivity contribution is -0.326. The summed E-state index contributed by atoms with van der Waals surface area (Å²) in [6.45, 7) is 13.7. The number of carbonyl (C=O) groups excluding carboxylic acids is 1. The molecule has 1 saturated heterocycles. The van der Waals surface area contributed by atoms with Crippen molar-refractivity contribution in [2.45, 2.75) is 117 Å². The van der Waals surface area contributed by atoms with E-state index >= 15 is 0 Å². The van der Waals surface area contributed by atoms with Gasteiger partial charge in [-0.15, -0.1) is 0 Å². The van der Waals surface area contributed by atoms with Crippen molar-refractivity contribution in [1.29, 1.82) is 0 Å². The molecule has 1 unspecified atom stereocenters. The number of allylic oxidation sites excluding steroid dienone is 5. The van der Waals surface area contributed by atoms with Crippen LogP contribution >= 0.6 is 0 Å². The molecule has 1 aliphatic carbocycles. The maximum atomic E-state index is 12.2. The summed E-state index contributed by atoms with van der Waals surface area (Å²) in [4.78, 5) is 12.2. The van der Waals surface area contributed by atoms with Crippen molar-refractivity contribution in [3.8, 4) is 0 Å². The zero-order valence-corrected chi connectivity index (χ0v) is 20.8. The minimum Gasteiger partial charge on any atom is -0.453 e. The van der Waals surface area contributed by atoms with Gasteiger partial charge in [0, 0.05) is 6.08 Å². The summed E-state index contributed by atoms with van der Waals surface area (Å²) in [5.41, 5.74) is 2.89. The molecule has 7 atom stereocenters. The summed E-state index contributed by atoms with van der Waals surface area (Å²) in [6, 6.07) is 0. The molecule has 182 valence electrons. The van der Waals surface area contributed by atoms with Crippen LogP contribution in [0.3, 0.4) is 0 Å². The molecule has 0 aromatic heterocycles. The number of hydrogen-bond donors (Lipinski definition) is 2. The molecule has 0 spiro atoms. The van der Waals surface area contributed by atoms with Gasteiger partial charge >= 0.3 is 5.97 Å². The third-order valence-electron chi connectivity index (χ3n) is 6.52. The molecule has 1 fully saturated rings. The van der Waals surface area contributed by atoms with E-state index in [9.17, 15) is 15.0 Å². The summed E-state index contributed by atoms with van der Waals surface area (Å²) >= 11 is 0. The standard InChI is InChI=1S/C26H42O6/c1-16(2)9-8-14-26(7,20-12-10-18(5)11-13-20)32-25-23(29)24(22(28)19(6)30-25)31-21(27)15-17(3)4/h9-10,15,19-20,22-25,28-29H,8,11-14H2,1-7H3/t19-,20-,22+,23-,24+,25+,26?/m1/s1. The van der Waals surface area contributed by atoms with E-state index in [1.165, 1.54) is 17.2 Å². The summed E-state index contributed by atoms with van der Waals surface area (Å²) < 4.78 is 17.8. The van der Waals surface area contributed by atoms with Gasteiger partial charge in [0.1, 0.15) is 12.2 Å². The molecule has 2 rings (SSSR count). The second kappa shape index (κ2) is 11.6. The molecular formula is C26H42O6. The fourth-order valence-corrected chi connectivity index (χ4v) is 4.43. The first-order valence-corrected chi connectivity index (χ1v) is 11.8. The third-order valence-corrected chi connectivity index (χ3v) is 6.52. The minimum atomic E-state index is -1.29. The molecule has 2 N–H and O–H groups in total. The summed E-state index contributed by atoms with van der Waals surface area (Å²) in [5, 5.41) is 21.5. The van der Waals surface area contributed by atoms with E-state index in [1.54, 1.807) is 20.8 Å². The number of aliphatic hydroxyl groups excluding tert-OH is 2. The molecule has 0 aromatic rings. The predicted molar refractivity (Wildman–Crippen MR) is 125 cm³/mol. The first kappa shape index (κ1) is 26.8. The Labute approximate surface area is 193 Å². The van der Waals surface area contributed by atoms with Gasteiger partial charge in [-0.25, -0.2) is 4.79 Å². The Morgan fingerprint density at radius 2 is 1.91 bits per heavy atom. The van der Waals surface area contributed by atoms with E-state index in [4.69, 9.17) is 14.2 Å². The van der Waals surface area contributed by atoms with Gasteiger partial charge in [-0.1, -0.05) is 28.9 Å². The lowest BCUT2D eigenvalue weighted by Gasteiger charge is -2.46. The van der Waals surface area contributed by atoms with Crippen LogP contribution < -0.4 is 0 Å². The van der Waals surface area contributed by atoms with Crippen LogP contribution in [-0.4, -0.2) is 52.5 Å². The molecule has 0 saturated carbocycles. The number of esters is 1. The summed E-state index contributed by atoms with van der Waals surface area (Å²) in [7, 11) is 0. The van der Waals surface area contributed by atoms with Crippen LogP contribution in [0, 0.1) is 5.92 Å². The summed E-state index contributed by atoms with van der Waals surface area (Å²) in [6.07, 6.45) is 5.19. The third kappa shape index (κ3) is 7.27. The van der Waals surface area contributed by atoms with Crippen LogP contribution in [-0.2, 0) is 19.0 Å². The second-order valence-electron chi connectivity index (χ2n) is 10.1. The lowest BCUT2D eigenvalue weighted by Crippen LogP contribution is -2.60. The lowest BCUT2D eigenvalue weighted by atomic mass is 9.76. The van der Waals surface area contributed by atoms with Crippen molar-refractivity contribution < 1.29 is 29.2 Å². The topological polar surface area (TPSA) is 85.2 Å². The normalized spacial score (nSPS) is 32.3. The highest BCUT2D eigenvalue weighted by molar-refractivity contribution is 5.82. The van der Waals surface area contributed by atoms with Crippen LogP contribution in [0.1, 0.15) is 80.6 Å². The summed E-state index contributed by atoms with van der Waals surface area (Å²) in [5.74, 6) is -0.318. The Morgan fingerprint density at radius 3 is 2.47 bits per heavy atom. The van der Waals surface area contributed by atoms with Gasteiger partial charge in [0.05, 0.1) is 11.7 Å². The molecule has 1 aliphatic heterocycles. The van der Waals surface area contributed by atoms with E-state index in [-0.39, 0.29) is 5.92 Å². The molecule has 0 radical (unpaired) electrons. The highest BCUT2D eigenvalue weighted by atomic mass is 16.7. The van der Waals surface area contributed by atoms with Gasteiger partial charge in [-0.05, 0) is 86.5 Å². The van der Waals surface area contributed by atoms with Crippen molar-refractivity contribution in [2.24, 2.45) is 5.92 Å². The number of carbonyl (C=O) groups is 1. The SMILES string of the molecule is CC(C)=CCCC(C)(O[C@@H]1O[C@H](C)[C@H](O)[C@H](OC(=O)C=C(C)C)[C@H]1O)[C@@H]1CC=C(C)CC1. The Morgan fingerprint density at radius 1 is 1.22 bits per heavy atom. The Balaban J connectivity index is 2.23. The van der Waals surface area contributed by atoms with Gasteiger partial charge in [0.25, 0.3) is 0 Å². The monoisotopic (exact) mass is 450 g/mol. The maximum absolute atomic E-state index is 12.2. The Bertz CT molecular complexity index is 731. The van der Waals surface area contributed by atoms with Crippen molar-refractivity contribution in [3.63, 3.8) is 0 Å². The fourth-order valence-electron chi connectivity index (χ4n) is 4.43. The predicted octanol–water partition coefficient (Wildman–Crippen LogP) is 4.60. The second-order valence-corrected chi connectivity index (χ2v) is 10.1. The molecule has 1 heterocycles. The van der Waals surface area contributed by atoms with Gasteiger partial charge < -0.3 is 24.4 Å². The number of rotatable bonds is 8.